The van der Waals surface area contributed by atoms with E-state index in [4.69, 9.17) is 9.47 Å². The highest BCUT2D eigenvalue weighted by Crippen LogP contribution is 2.53. The lowest BCUT2D eigenvalue weighted by molar-refractivity contribution is -0.139. The molecule has 196 valence electrons. The summed E-state index contributed by atoms with van der Waals surface area (Å²) in [6.45, 7) is 2.27. The summed E-state index contributed by atoms with van der Waals surface area (Å²) in [5, 5.41) is 5.67. The number of nitrogens with zero attached hydrogens (tertiary/aromatic N) is 1. The van der Waals surface area contributed by atoms with Crippen LogP contribution in [0.25, 0.3) is 0 Å². The van der Waals surface area contributed by atoms with Crippen molar-refractivity contribution in [3.05, 3.63) is 90.0 Å². The quantitative estimate of drug-likeness (QED) is 0.454. The van der Waals surface area contributed by atoms with Gasteiger partial charge in [-0.25, -0.2) is 0 Å². The molecule has 8 nitrogen and oxygen atoms in total. The molecule has 2 aliphatic rings. The van der Waals surface area contributed by atoms with Crippen LogP contribution in [0.4, 0.5) is 0 Å². The Morgan fingerprint density at radius 2 is 1.61 bits per heavy atom. The van der Waals surface area contributed by atoms with Crippen molar-refractivity contribution in [1.29, 1.82) is 0 Å². The lowest BCUT2D eigenvalue weighted by Gasteiger charge is -2.28. The van der Waals surface area contributed by atoms with Crippen molar-refractivity contribution in [2.45, 2.75) is 32.0 Å². The summed E-state index contributed by atoms with van der Waals surface area (Å²) < 4.78 is 11.0. The average molecular weight is 514 g/mol. The molecule has 1 aliphatic carbocycles. The second kappa shape index (κ2) is 11.0. The Labute approximate surface area is 221 Å². The molecule has 5 rings (SSSR count). The lowest BCUT2D eigenvalue weighted by atomic mass is 10.1. The number of hydrogen-bond donors (Lipinski definition) is 2. The van der Waals surface area contributed by atoms with Gasteiger partial charge in [0.15, 0.2) is 0 Å². The summed E-state index contributed by atoms with van der Waals surface area (Å²) in [5.74, 6) is 1.92. The molecule has 4 unspecified atom stereocenters. The van der Waals surface area contributed by atoms with Gasteiger partial charge in [-0.15, -0.1) is 0 Å². The molecule has 2 fully saturated rings. The molecule has 2 N–H and O–H groups in total. The minimum absolute atomic E-state index is 0.0430. The molecular formula is C30H31N3O5. The van der Waals surface area contributed by atoms with E-state index >= 15 is 0 Å². The fourth-order valence-electron chi connectivity index (χ4n) is 5.23. The Bertz CT molecular complexity index is 1310. The Kier molecular flexibility index (Phi) is 7.31. The molecule has 0 radical (unpaired) electrons. The van der Waals surface area contributed by atoms with Gasteiger partial charge in [0.2, 0.25) is 11.8 Å². The van der Waals surface area contributed by atoms with E-state index in [1.54, 1.807) is 36.3 Å². The largest absolute Gasteiger partial charge is 0.497 e. The molecule has 1 saturated carbocycles. The maximum absolute atomic E-state index is 13.2. The van der Waals surface area contributed by atoms with Crippen molar-refractivity contribution in [3.63, 3.8) is 0 Å². The summed E-state index contributed by atoms with van der Waals surface area (Å²) in [6.07, 6.45) is 0.637. The predicted octanol–water partition coefficient (Wildman–Crippen LogP) is 3.77. The van der Waals surface area contributed by atoms with Crippen LogP contribution < -0.4 is 20.1 Å². The molecule has 0 bridgehead atoms. The summed E-state index contributed by atoms with van der Waals surface area (Å²) in [7, 11) is 1.60. The van der Waals surface area contributed by atoms with Crippen molar-refractivity contribution in [2.75, 3.05) is 13.7 Å². The zero-order valence-electron chi connectivity index (χ0n) is 21.4. The van der Waals surface area contributed by atoms with Crippen LogP contribution in [0.2, 0.25) is 0 Å². The Morgan fingerprint density at radius 3 is 2.34 bits per heavy atom. The van der Waals surface area contributed by atoms with Gasteiger partial charge in [-0.05, 0) is 72.4 Å². The Hall–Kier alpha value is -4.33. The first-order chi connectivity index (χ1) is 18.4. The van der Waals surface area contributed by atoms with Gasteiger partial charge < -0.3 is 25.0 Å². The van der Waals surface area contributed by atoms with Crippen LogP contribution in [0.15, 0.2) is 78.9 Å². The van der Waals surface area contributed by atoms with E-state index in [2.05, 4.69) is 17.6 Å². The second-order valence-electron chi connectivity index (χ2n) is 9.76. The number of carbonyl (C=O) groups is 3. The monoisotopic (exact) mass is 513 g/mol. The summed E-state index contributed by atoms with van der Waals surface area (Å²) in [6, 6.07) is 23.1. The third-order valence-electron chi connectivity index (χ3n) is 7.35. The molecule has 0 spiro atoms. The molecule has 3 aromatic rings. The van der Waals surface area contributed by atoms with Crippen molar-refractivity contribution in [3.8, 4) is 17.2 Å². The van der Waals surface area contributed by atoms with Crippen LogP contribution >= 0.6 is 0 Å². The zero-order chi connectivity index (χ0) is 26.6. The Morgan fingerprint density at radius 1 is 0.895 bits per heavy atom. The molecular weight excluding hydrogens is 482 g/mol. The summed E-state index contributed by atoms with van der Waals surface area (Å²) in [4.78, 5) is 40.6. The lowest BCUT2D eigenvalue weighted by Crippen LogP contribution is -2.51. The first-order valence-corrected chi connectivity index (χ1v) is 12.8. The van der Waals surface area contributed by atoms with Crippen molar-refractivity contribution in [2.24, 2.45) is 11.8 Å². The van der Waals surface area contributed by atoms with E-state index in [0.29, 0.717) is 41.9 Å². The number of ether oxygens (including phenoxy) is 2. The number of methoxy groups -OCH3 is 1. The third kappa shape index (κ3) is 5.49. The first-order valence-electron chi connectivity index (χ1n) is 12.8. The molecule has 4 atom stereocenters. The van der Waals surface area contributed by atoms with E-state index in [1.807, 2.05) is 54.6 Å². The number of fused-ring (bicyclic) bond motifs is 1. The van der Waals surface area contributed by atoms with Gasteiger partial charge in [-0.3, -0.25) is 14.4 Å². The highest BCUT2D eigenvalue weighted by atomic mass is 16.5. The highest BCUT2D eigenvalue weighted by Gasteiger charge is 2.61. The van der Waals surface area contributed by atoms with Crippen LogP contribution in [0.1, 0.15) is 29.3 Å². The van der Waals surface area contributed by atoms with E-state index in [-0.39, 0.29) is 30.3 Å². The highest BCUT2D eigenvalue weighted by molar-refractivity contribution is 5.97. The second-order valence-corrected chi connectivity index (χ2v) is 9.76. The first kappa shape index (κ1) is 25.3. The number of piperidine rings is 1. The predicted molar refractivity (Wildman–Crippen MR) is 142 cm³/mol. The normalized spacial score (nSPS) is 21.3. The van der Waals surface area contributed by atoms with Crippen molar-refractivity contribution < 1.29 is 23.9 Å². The smallest absolute Gasteiger partial charge is 0.251 e. The fourth-order valence-corrected chi connectivity index (χ4v) is 5.23. The van der Waals surface area contributed by atoms with Gasteiger partial charge in [0.1, 0.15) is 23.3 Å². The van der Waals surface area contributed by atoms with Gasteiger partial charge in [-0.1, -0.05) is 37.3 Å². The zero-order valence-corrected chi connectivity index (χ0v) is 21.4. The number of likely N-dealkylation sites (tertiary alicyclic amines) is 1. The van der Waals surface area contributed by atoms with E-state index in [9.17, 15) is 14.4 Å². The van der Waals surface area contributed by atoms with Gasteiger partial charge in [0.25, 0.3) is 5.91 Å². The Balaban J connectivity index is 1.16. The topological polar surface area (TPSA) is 97.0 Å². The fraction of sp³-hybridized carbons (Fsp3) is 0.300. The number of amides is 3. The van der Waals surface area contributed by atoms with Crippen LogP contribution in [0, 0.1) is 11.8 Å². The van der Waals surface area contributed by atoms with Gasteiger partial charge in [0, 0.05) is 18.2 Å². The minimum Gasteiger partial charge on any atom is -0.497 e. The minimum atomic E-state index is -0.536. The van der Waals surface area contributed by atoms with Crippen LogP contribution in [-0.2, 0) is 16.1 Å². The molecule has 3 aromatic carbocycles. The van der Waals surface area contributed by atoms with Crippen molar-refractivity contribution in [1.82, 2.24) is 15.5 Å². The van der Waals surface area contributed by atoms with E-state index in [1.165, 1.54) is 0 Å². The number of para-hydroxylation sites is 1. The molecule has 8 heteroatoms. The standard InChI is InChI=1S/C30H31N3O5/c1-19-25-16-26(30(36)31-17-20-7-6-10-24(15-20)37-2)33(28(19)25)27(34)18-32-29(35)21-11-13-23(14-12-21)38-22-8-4-3-5-9-22/h3-15,19,25-26,28H,16-18H2,1-2H3,(H,31,36)(H,32,35). The number of hydrogen-bond acceptors (Lipinski definition) is 5. The SMILES string of the molecule is COc1cccc(CNC(=O)C2CC3C(C)C3N2C(=O)CNC(=O)c2ccc(Oc3ccccc3)cc2)c1. The number of rotatable bonds is 9. The average Bonchev–Trinajstić information content (AvgIpc) is 3.38. The van der Waals surface area contributed by atoms with Gasteiger partial charge in [0.05, 0.1) is 13.7 Å². The number of nitrogens with one attached hydrogen (secondary N) is 2. The van der Waals surface area contributed by atoms with Gasteiger partial charge in [-0.2, -0.15) is 0 Å². The van der Waals surface area contributed by atoms with E-state index < -0.39 is 6.04 Å². The van der Waals surface area contributed by atoms with Crippen LogP contribution in [-0.4, -0.2) is 48.4 Å². The molecule has 1 heterocycles. The number of carbonyl (C=O) groups excluding carboxylic acids is 3. The van der Waals surface area contributed by atoms with Crippen LogP contribution in [0.3, 0.4) is 0 Å². The summed E-state index contributed by atoms with van der Waals surface area (Å²) in [5.41, 5.74) is 1.34. The number of benzene rings is 3. The van der Waals surface area contributed by atoms with Crippen molar-refractivity contribution >= 4 is 17.7 Å². The van der Waals surface area contributed by atoms with E-state index in [0.717, 1.165) is 11.3 Å². The van der Waals surface area contributed by atoms with Crippen LogP contribution in [0.5, 0.6) is 17.2 Å². The molecule has 0 aromatic heterocycles. The summed E-state index contributed by atoms with van der Waals surface area (Å²) >= 11 is 0. The third-order valence-corrected chi connectivity index (χ3v) is 7.35. The molecule has 1 saturated heterocycles. The maximum atomic E-state index is 13.2. The maximum Gasteiger partial charge on any atom is 0.251 e. The molecule has 3 amide bonds. The molecule has 38 heavy (non-hydrogen) atoms. The molecule has 1 aliphatic heterocycles. The van der Waals surface area contributed by atoms with Gasteiger partial charge >= 0.3 is 0 Å².